The summed E-state index contributed by atoms with van der Waals surface area (Å²) in [5, 5.41) is 6.71. The van der Waals surface area contributed by atoms with Crippen molar-refractivity contribution < 1.29 is 9.53 Å². The highest BCUT2D eigenvalue weighted by atomic mass is 16.5. The summed E-state index contributed by atoms with van der Waals surface area (Å²) < 4.78 is 5.20. The van der Waals surface area contributed by atoms with Gasteiger partial charge in [0.1, 0.15) is 0 Å². The van der Waals surface area contributed by atoms with Crippen LogP contribution >= 0.6 is 0 Å². The quantitative estimate of drug-likeness (QED) is 0.542. The Bertz CT molecular complexity index is 637. The number of carbonyl (C=O) groups excluding carboxylic acids is 1. The first-order valence-corrected chi connectivity index (χ1v) is 9.81. The van der Waals surface area contributed by atoms with E-state index < -0.39 is 0 Å². The summed E-state index contributed by atoms with van der Waals surface area (Å²) in [6.07, 6.45) is 4.10. The third kappa shape index (κ3) is 5.96. The Morgan fingerprint density at radius 3 is 2.56 bits per heavy atom. The number of benzene rings is 1. The predicted octanol–water partition coefficient (Wildman–Crippen LogP) is 2.54. The molecule has 6 nitrogen and oxygen atoms in total. The van der Waals surface area contributed by atoms with E-state index in [-0.39, 0.29) is 11.3 Å². The van der Waals surface area contributed by atoms with Crippen molar-refractivity contribution in [2.24, 2.45) is 10.4 Å². The summed E-state index contributed by atoms with van der Waals surface area (Å²) in [7, 11) is 5.38. The minimum Gasteiger partial charge on any atom is -0.380 e. The number of nitrogens with zero attached hydrogens (tertiary/aromatic N) is 2. The number of guanidine groups is 1. The second-order valence-electron chi connectivity index (χ2n) is 7.49. The molecular formula is C21H34N4O2. The van der Waals surface area contributed by atoms with E-state index in [9.17, 15) is 4.79 Å². The fourth-order valence-corrected chi connectivity index (χ4v) is 3.74. The third-order valence-electron chi connectivity index (χ3n) is 5.08. The number of rotatable bonds is 8. The van der Waals surface area contributed by atoms with E-state index in [4.69, 9.17) is 9.73 Å². The molecule has 0 saturated heterocycles. The van der Waals surface area contributed by atoms with Gasteiger partial charge in [-0.3, -0.25) is 4.79 Å². The van der Waals surface area contributed by atoms with Gasteiger partial charge in [-0.15, -0.1) is 0 Å². The maximum absolute atomic E-state index is 12.7. The first-order valence-electron chi connectivity index (χ1n) is 9.81. The molecule has 1 amide bonds. The van der Waals surface area contributed by atoms with E-state index in [1.807, 2.05) is 27.1 Å². The first kappa shape index (κ1) is 21.2. The van der Waals surface area contributed by atoms with Gasteiger partial charge in [-0.25, -0.2) is 4.99 Å². The molecule has 1 saturated carbocycles. The van der Waals surface area contributed by atoms with E-state index >= 15 is 0 Å². The molecule has 0 aliphatic heterocycles. The number of hydrogen-bond donors (Lipinski definition) is 2. The molecule has 1 aliphatic carbocycles. The van der Waals surface area contributed by atoms with Gasteiger partial charge in [0, 0.05) is 34.3 Å². The molecular weight excluding hydrogens is 340 g/mol. The van der Waals surface area contributed by atoms with E-state index in [2.05, 4.69) is 28.8 Å². The summed E-state index contributed by atoms with van der Waals surface area (Å²) >= 11 is 0. The van der Waals surface area contributed by atoms with Gasteiger partial charge < -0.3 is 20.3 Å². The lowest BCUT2D eigenvalue weighted by atomic mass is 9.84. The predicted molar refractivity (Wildman–Crippen MR) is 110 cm³/mol. The monoisotopic (exact) mass is 374 g/mol. The summed E-state index contributed by atoms with van der Waals surface area (Å²) in [4.78, 5) is 19.2. The van der Waals surface area contributed by atoms with Gasteiger partial charge in [-0.1, -0.05) is 37.1 Å². The molecule has 6 heteroatoms. The number of nitrogens with one attached hydrogen (secondary N) is 2. The second-order valence-corrected chi connectivity index (χ2v) is 7.49. The number of amides is 1. The Labute approximate surface area is 163 Å². The fraction of sp³-hybridized carbons (Fsp3) is 0.619. The van der Waals surface area contributed by atoms with E-state index in [0.29, 0.717) is 19.7 Å². The minimum atomic E-state index is -0.307. The van der Waals surface area contributed by atoms with Crippen LogP contribution in [-0.2, 0) is 22.7 Å². The van der Waals surface area contributed by atoms with Crippen LogP contribution < -0.4 is 10.6 Å². The summed E-state index contributed by atoms with van der Waals surface area (Å²) in [6.45, 7) is 4.64. The largest absolute Gasteiger partial charge is 0.380 e. The van der Waals surface area contributed by atoms with E-state index in [1.165, 1.54) is 0 Å². The third-order valence-corrected chi connectivity index (χ3v) is 5.08. The summed E-state index contributed by atoms with van der Waals surface area (Å²) in [6, 6.07) is 8.27. The van der Waals surface area contributed by atoms with Crippen LogP contribution in [0.15, 0.2) is 29.3 Å². The molecule has 1 aromatic rings. The molecule has 0 radical (unpaired) electrons. The lowest BCUT2D eigenvalue weighted by Gasteiger charge is -2.31. The number of methoxy groups -OCH3 is 1. The highest BCUT2D eigenvalue weighted by Crippen LogP contribution is 2.38. The zero-order valence-electron chi connectivity index (χ0n) is 17.2. The topological polar surface area (TPSA) is 66.0 Å². The van der Waals surface area contributed by atoms with Crippen LogP contribution in [0.25, 0.3) is 0 Å². The highest BCUT2D eigenvalue weighted by Gasteiger charge is 2.42. The number of carbonyl (C=O) groups is 1. The average molecular weight is 375 g/mol. The average Bonchev–Trinajstić information content (AvgIpc) is 3.14. The number of hydrogen-bond acceptors (Lipinski definition) is 3. The SMILES string of the molecule is CCNC(=NCc1cccc(COC)c1)NCC1(C(=O)N(C)C)CCCC1. The van der Waals surface area contributed by atoms with Crippen LogP contribution in [0.3, 0.4) is 0 Å². The Morgan fingerprint density at radius 1 is 1.22 bits per heavy atom. The molecule has 0 aromatic heterocycles. The molecule has 2 N–H and O–H groups in total. The van der Waals surface area contributed by atoms with Crippen LogP contribution in [0.5, 0.6) is 0 Å². The van der Waals surface area contributed by atoms with Crippen molar-refractivity contribution in [2.45, 2.75) is 45.8 Å². The van der Waals surface area contributed by atoms with Crippen molar-refractivity contribution in [2.75, 3.05) is 34.3 Å². The molecule has 27 heavy (non-hydrogen) atoms. The van der Waals surface area contributed by atoms with E-state index in [1.54, 1.807) is 12.0 Å². The Balaban J connectivity index is 2.04. The standard InChI is InChI=1S/C21H34N4O2/c1-5-22-20(23-14-17-9-8-10-18(13-17)15-27-4)24-16-21(11-6-7-12-21)19(26)25(2)3/h8-10,13H,5-7,11-12,14-16H2,1-4H3,(H2,22,23,24). The van der Waals surface area contributed by atoms with Gasteiger partial charge in [-0.2, -0.15) is 0 Å². The zero-order valence-corrected chi connectivity index (χ0v) is 17.2. The van der Waals surface area contributed by atoms with Crippen molar-refractivity contribution in [3.05, 3.63) is 35.4 Å². The van der Waals surface area contributed by atoms with Gasteiger partial charge >= 0.3 is 0 Å². The van der Waals surface area contributed by atoms with Crippen molar-refractivity contribution in [1.82, 2.24) is 15.5 Å². The van der Waals surface area contributed by atoms with E-state index in [0.717, 1.165) is 49.3 Å². The maximum Gasteiger partial charge on any atom is 0.230 e. The van der Waals surface area contributed by atoms with Crippen LogP contribution in [0, 0.1) is 5.41 Å². The molecule has 150 valence electrons. The van der Waals surface area contributed by atoms with Crippen LogP contribution in [0.2, 0.25) is 0 Å². The van der Waals surface area contributed by atoms with Crippen LogP contribution in [0.4, 0.5) is 0 Å². The molecule has 1 fully saturated rings. The van der Waals surface area contributed by atoms with Crippen molar-refractivity contribution in [3.63, 3.8) is 0 Å². The van der Waals surface area contributed by atoms with Crippen molar-refractivity contribution in [1.29, 1.82) is 0 Å². The summed E-state index contributed by atoms with van der Waals surface area (Å²) in [5.41, 5.74) is 1.98. The fourth-order valence-electron chi connectivity index (χ4n) is 3.74. The van der Waals surface area contributed by atoms with Crippen molar-refractivity contribution >= 4 is 11.9 Å². The molecule has 2 rings (SSSR count). The molecule has 0 spiro atoms. The second kappa shape index (κ2) is 10.3. The van der Waals surface area contributed by atoms with Gasteiger partial charge in [0.15, 0.2) is 5.96 Å². The lowest BCUT2D eigenvalue weighted by Crippen LogP contribution is -2.49. The summed E-state index contributed by atoms with van der Waals surface area (Å²) in [5.74, 6) is 0.975. The molecule has 1 aromatic carbocycles. The Morgan fingerprint density at radius 2 is 1.93 bits per heavy atom. The Hall–Kier alpha value is -2.08. The normalized spacial score (nSPS) is 16.2. The molecule has 1 aliphatic rings. The molecule has 0 bridgehead atoms. The Kier molecular flexibility index (Phi) is 8.10. The molecule has 0 unspecified atom stereocenters. The van der Waals surface area contributed by atoms with Gasteiger partial charge in [0.05, 0.1) is 18.6 Å². The van der Waals surface area contributed by atoms with Gasteiger partial charge in [-0.05, 0) is 30.9 Å². The number of aliphatic imine (C=N–C) groups is 1. The lowest BCUT2D eigenvalue weighted by molar-refractivity contribution is -0.138. The minimum absolute atomic E-state index is 0.218. The molecule has 0 atom stereocenters. The van der Waals surface area contributed by atoms with Gasteiger partial charge in [0.25, 0.3) is 0 Å². The van der Waals surface area contributed by atoms with Crippen LogP contribution in [0.1, 0.15) is 43.7 Å². The van der Waals surface area contributed by atoms with Gasteiger partial charge in [0.2, 0.25) is 5.91 Å². The number of ether oxygens (including phenoxy) is 1. The van der Waals surface area contributed by atoms with Crippen molar-refractivity contribution in [3.8, 4) is 0 Å². The van der Waals surface area contributed by atoms with Crippen LogP contribution in [-0.4, -0.2) is 51.1 Å². The molecule has 0 heterocycles. The first-order chi connectivity index (χ1) is 13.0. The highest BCUT2D eigenvalue weighted by molar-refractivity contribution is 5.85. The smallest absolute Gasteiger partial charge is 0.230 e. The zero-order chi connectivity index (χ0) is 19.7. The maximum atomic E-state index is 12.7.